The number of aromatic nitrogens is 2. The molecule has 1 aromatic heterocycles. The molecule has 2 aromatic rings. The van der Waals surface area contributed by atoms with Crippen LogP contribution in [-0.2, 0) is 16.0 Å². The summed E-state index contributed by atoms with van der Waals surface area (Å²) in [5.74, 6) is 0.443. The molecule has 1 fully saturated rings. The highest BCUT2D eigenvalue weighted by molar-refractivity contribution is 7.15. The van der Waals surface area contributed by atoms with Gasteiger partial charge in [0.25, 0.3) is 0 Å². The van der Waals surface area contributed by atoms with Crippen LogP contribution in [0.1, 0.15) is 18.4 Å². The van der Waals surface area contributed by atoms with Crippen molar-refractivity contribution in [3.8, 4) is 17.2 Å². The molecule has 1 atom stereocenters. The van der Waals surface area contributed by atoms with Gasteiger partial charge in [-0.2, -0.15) is 0 Å². The van der Waals surface area contributed by atoms with Crippen molar-refractivity contribution in [3.63, 3.8) is 0 Å². The first-order valence-corrected chi connectivity index (χ1v) is 9.55. The molecule has 1 aromatic carbocycles. The first kappa shape index (κ1) is 19.9. The Bertz CT molecular complexity index is 860. The highest BCUT2D eigenvalue weighted by atomic mass is 32.1. The lowest BCUT2D eigenvalue weighted by Crippen LogP contribution is -2.28. The molecule has 0 saturated carbocycles. The lowest BCUT2D eigenvalue weighted by Gasteiger charge is -2.20. The summed E-state index contributed by atoms with van der Waals surface area (Å²) < 4.78 is 16.0. The van der Waals surface area contributed by atoms with E-state index in [1.807, 2.05) is 6.92 Å². The van der Waals surface area contributed by atoms with Crippen LogP contribution < -0.4 is 24.4 Å². The van der Waals surface area contributed by atoms with E-state index in [2.05, 4.69) is 15.5 Å². The van der Waals surface area contributed by atoms with Gasteiger partial charge < -0.3 is 24.4 Å². The number of ether oxygens (including phenoxy) is 3. The molecule has 150 valence electrons. The van der Waals surface area contributed by atoms with Crippen LogP contribution in [0.4, 0.5) is 10.8 Å². The summed E-state index contributed by atoms with van der Waals surface area (Å²) in [6.45, 7) is 2.22. The number of nitrogens with zero attached hydrogens (tertiary/aromatic N) is 3. The molecule has 1 saturated heterocycles. The van der Waals surface area contributed by atoms with Crippen LogP contribution in [-0.4, -0.2) is 49.9 Å². The molecule has 28 heavy (non-hydrogen) atoms. The van der Waals surface area contributed by atoms with Crippen LogP contribution in [0.15, 0.2) is 12.1 Å². The average molecular weight is 406 g/mol. The Labute approximate surface area is 166 Å². The number of methoxy groups -OCH3 is 3. The summed E-state index contributed by atoms with van der Waals surface area (Å²) >= 11 is 1.33. The molecular formula is C18H22N4O5S. The smallest absolute Gasteiger partial charge is 0.231 e. The van der Waals surface area contributed by atoms with Gasteiger partial charge in [-0.25, -0.2) is 0 Å². The summed E-state index contributed by atoms with van der Waals surface area (Å²) in [6.07, 6.45) is 0.867. The van der Waals surface area contributed by atoms with E-state index < -0.39 is 5.92 Å². The van der Waals surface area contributed by atoms with Crippen LogP contribution >= 0.6 is 11.3 Å². The largest absolute Gasteiger partial charge is 0.493 e. The van der Waals surface area contributed by atoms with Gasteiger partial charge in [-0.05, 0) is 6.42 Å². The van der Waals surface area contributed by atoms with E-state index >= 15 is 0 Å². The number of aryl methyl sites for hydroxylation is 1. The lowest BCUT2D eigenvalue weighted by molar-refractivity contribution is -0.122. The van der Waals surface area contributed by atoms with Crippen molar-refractivity contribution in [2.24, 2.45) is 5.92 Å². The number of benzene rings is 1. The number of hydrogen-bond acceptors (Lipinski definition) is 8. The van der Waals surface area contributed by atoms with Gasteiger partial charge >= 0.3 is 0 Å². The Hall–Kier alpha value is -2.88. The van der Waals surface area contributed by atoms with Gasteiger partial charge in [0.1, 0.15) is 5.01 Å². The van der Waals surface area contributed by atoms with Crippen molar-refractivity contribution in [2.75, 3.05) is 38.1 Å². The van der Waals surface area contributed by atoms with E-state index in [4.69, 9.17) is 14.2 Å². The van der Waals surface area contributed by atoms with Crippen molar-refractivity contribution in [1.29, 1.82) is 0 Å². The Morgan fingerprint density at radius 2 is 1.89 bits per heavy atom. The van der Waals surface area contributed by atoms with Crippen molar-refractivity contribution >= 4 is 34.0 Å². The third-order valence-corrected chi connectivity index (χ3v) is 5.44. The van der Waals surface area contributed by atoms with E-state index in [-0.39, 0.29) is 24.8 Å². The van der Waals surface area contributed by atoms with Gasteiger partial charge in [-0.1, -0.05) is 18.3 Å². The number of hydrogen-bond donors (Lipinski definition) is 1. The van der Waals surface area contributed by atoms with Gasteiger partial charge in [0.05, 0.1) is 32.9 Å². The summed E-state index contributed by atoms with van der Waals surface area (Å²) in [6, 6.07) is 3.38. The van der Waals surface area contributed by atoms with Gasteiger partial charge in [-0.15, -0.1) is 10.2 Å². The maximum Gasteiger partial charge on any atom is 0.231 e. The van der Waals surface area contributed by atoms with E-state index in [0.29, 0.717) is 28.1 Å². The Balaban J connectivity index is 1.77. The molecule has 10 heteroatoms. The van der Waals surface area contributed by atoms with Gasteiger partial charge in [0.15, 0.2) is 11.5 Å². The third-order valence-electron chi connectivity index (χ3n) is 4.46. The predicted octanol–water partition coefficient (Wildman–Crippen LogP) is 2.12. The zero-order chi connectivity index (χ0) is 20.3. The first-order chi connectivity index (χ1) is 13.5. The van der Waals surface area contributed by atoms with Crippen LogP contribution in [0.25, 0.3) is 0 Å². The fraction of sp³-hybridized carbons (Fsp3) is 0.444. The lowest BCUT2D eigenvalue weighted by atomic mass is 10.1. The monoisotopic (exact) mass is 406 g/mol. The average Bonchev–Trinajstić information content (AvgIpc) is 3.32. The van der Waals surface area contributed by atoms with Crippen molar-refractivity contribution in [3.05, 3.63) is 17.1 Å². The van der Waals surface area contributed by atoms with Crippen molar-refractivity contribution < 1.29 is 23.8 Å². The van der Waals surface area contributed by atoms with E-state index in [9.17, 15) is 9.59 Å². The molecule has 0 bridgehead atoms. The molecule has 0 unspecified atom stereocenters. The molecule has 9 nitrogen and oxygen atoms in total. The molecule has 0 radical (unpaired) electrons. The van der Waals surface area contributed by atoms with Crippen LogP contribution in [0.5, 0.6) is 17.2 Å². The molecule has 3 rings (SSSR count). The quantitative estimate of drug-likeness (QED) is 0.751. The highest BCUT2D eigenvalue weighted by Crippen LogP contribution is 2.42. The van der Waals surface area contributed by atoms with Crippen LogP contribution in [0, 0.1) is 5.92 Å². The minimum Gasteiger partial charge on any atom is -0.493 e. The molecule has 2 heterocycles. The topological polar surface area (TPSA) is 103 Å². The molecule has 1 aliphatic rings. The number of carbonyl (C=O) groups excluding carboxylic acids is 2. The third kappa shape index (κ3) is 3.86. The minimum absolute atomic E-state index is 0.113. The van der Waals surface area contributed by atoms with E-state index in [1.165, 1.54) is 32.7 Å². The normalized spacial score (nSPS) is 16.2. The van der Waals surface area contributed by atoms with Gasteiger partial charge in [0, 0.05) is 25.1 Å². The second-order valence-electron chi connectivity index (χ2n) is 6.13. The second-order valence-corrected chi connectivity index (χ2v) is 7.19. The molecule has 2 amide bonds. The zero-order valence-corrected chi connectivity index (χ0v) is 17.0. The fourth-order valence-electron chi connectivity index (χ4n) is 3.01. The van der Waals surface area contributed by atoms with Gasteiger partial charge in [0.2, 0.25) is 22.7 Å². The van der Waals surface area contributed by atoms with Crippen LogP contribution in [0.3, 0.4) is 0 Å². The maximum atomic E-state index is 12.6. The summed E-state index contributed by atoms with van der Waals surface area (Å²) in [7, 11) is 4.53. The zero-order valence-electron chi connectivity index (χ0n) is 16.1. The Morgan fingerprint density at radius 3 is 2.43 bits per heavy atom. The number of amides is 2. The standard InChI is InChI=1S/C18H22N4O5S/c1-5-14-20-21-18(28-14)19-17(24)10-6-15(23)22(9-10)11-7-12(25-2)16(27-4)13(8-11)26-3/h7-8,10H,5-6,9H2,1-4H3,(H,19,21,24)/t10-/m0/s1. The summed E-state index contributed by atoms with van der Waals surface area (Å²) in [5, 5.41) is 12.0. The second kappa shape index (κ2) is 8.42. The van der Waals surface area contributed by atoms with E-state index in [1.54, 1.807) is 17.0 Å². The molecule has 1 aliphatic heterocycles. The SMILES string of the molecule is CCc1nnc(NC(=O)[C@H]2CC(=O)N(c3cc(OC)c(OC)c(OC)c3)C2)s1. The Kier molecular flexibility index (Phi) is 5.98. The predicted molar refractivity (Wildman–Crippen MR) is 104 cm³/mol. The van der Waals surface area contributed by atoms with Gasteiger partial charge in [-0.3, -0.25) is 9.59 Å². The number of rotatable bonds is 7. The van der Waals surface area contributed by atoms with Crippen molar-refractivity contribution in [2.45, 2.75) is 19.8 Å². The fourth-order valence-corrected chi connectivity index (χ4v) is 3.69. The number of carbonyl (C=O) groups is 2. The number of anilines is 2. The summed E-state index contributed by atoms with van der Waals surface area (Å²) in [4.78, 5) is 26.7. The molecular weight excluding hydrogens is 384 g/mol. The van der Waals surface area contributed by atoms with Crippen LogP contribution in [0.2, 0.25) is 0 Å². The van der Waals surface area contributed by atoms with E-state index in [0.717, 1.165) is 11.4 Å². The highest BCUT2D eigenvalue weighted by Gasteiger charge is 2.36. The number of nitrogens with one attached hydrogen (secondary N) is 1. The maximum absolute atomic E-state index is 12.6. The first-order valence-electron chi connectivity index (χ1n) is 8.74. The summed E-state index contributed by atoms with van der Waals surface area (Å²) in [5.41, 5.74) is 0.582. The Morgan fingerprint density at radius 1 is 1.21 bits per heavy atom. The minimum atomic E-state index is -0.486. The van der Waals surface area contributed by atoms with Crippen molar-refractivity contribution in [1.82, 2.24) is 10.2 Å². The molecule has 0 spiro atoms. The molecule has 0 aliphatic carbocycles. The molecule has 1 N–H and O–H groups in total.